The number of Topliss-reactive ketones (excluding diaryl/α,β-unsaturated/α-hetero) is 1. The van der Waals surface area contributed by atoms with Crippen LogP contribution in [0.4, 0.5) is 0 Å². The molecule has 1 atom stereocenters. The topological polar surface area (TPSA) is 106 Å². The van der Waals surface area contributed by atoms with Crippen molar-refractivity contribution < 1.29 is 33.4 Å². The van der Waals surface area contributed by atoms with E-state index >= 15 is 0 Å². The van der Waals surface area contributed by atoms with E-state index in [1.54, 1.807) is 0 Å². The smallest absolute Gasteiger partial charge is 0.323 e. The Hall–Kier alpha value is -2.04. The van der Waals surface area contributed by atoms with E-state index in [-0.39, 0.29) is 49.1 Å². The molecule has 40 heavy (non-hydrogen) atoms. The van der Waals surface area contributed by atoms with Gasteiger partial charge >= 0.3 is 17.9 Å². The van der Waals surface area contributed by atoms with Crippen LogP contribution in [0, 0.1) is 5.92 Å². The Balaban J connectivity index is 3.23. The van der Waals surface area contributed by atoms with Crippen LogP contribution in [0.15, 0.2) is 0 Å². The Morgan fingerprint density at radius 1 is 0.625 bits per heavy atom. The molecule has 0 radical (unpaired) electrons. The van der Waals surface area contributed by atoms with Crippen LogP contribution in [0.3, 0.4) is 0 Å². The van der Waals surface area contributed by atoms with E-state index in [9.17, 15) is 19.2 Å². The average Bonchev–Trinajstić information content (AvgIpc) is 2.81. The largest absolute Gasteiger partial charge is 0.459 e. The lowest BCUT2D eigenvalue weighted by Crippen LogP contribution is -2.49. The van der Waals surface area contributed by atoms with E-state index < -0.39 is 22.8 Å². The molecular formula is C30H55N3O7. The van der Waals surface area contributed by atoms with Crippen LogP contribution < -0.4 is 0 Å². The second-order valence-electron chi connectivity index (χ2n) is 14.0. The van der Waals surface area contributed by atoms with Gasteiger partial charge in [-0.3, -0.25) is 33.9 Å². The Labute approximate surface area is 242 Å². The van der Waals surface area contributed by atoms with Crippen molar-refractivity contribution in [1.82, 2.24) is 14.7 Å². The molecule has 0 N–H and O–H groups in total. The highest BCUT2D eigenvalue weighted by molar-refractivity contribution is 5.82. The zero-order valence-corrected chi connectivity index (χ0v) is 26.9. The molecule has 0 aromatic heterocycles. The molecule has 0 aromatic carbocycles. The first-order valence-corrected chi connectivity index (χ1v) is 14.5. The number of rotatable bonds is 10. The van der Waals surface area contributed by atoms with Crippen molar-refractivity contribution in [3.8, 4) is 0 Å². The monoisotopic (exact) mass is 569 g/mol. The third kappa shape index (κ3) is 15.7. The van der Waals surface area contributed by atoms with Crippen molar-refractivity contribution in [1.29, 1.82) is 0 Å². The molecule has 1 fully saturated rings. The van der Waals surface area contributed by atoms with Gasteiger partial charge in [0, 0.05) is 51.6 Å². The first-order valence-electron chi connectivity index (χ1n) is 14.5. The van der Waals surface area contributed by atoms with E-state index in [2.05, 4.69) is 0 Å². The van der Waals surface area contributed by atoms with Gasteiger partial charge in [0.2, 0.25) is 0 Å². The Morgan fingerprint density at radius 2 is 1.00 bits per heavy atom. The van der Waals surface area contributed by atoms with Crippen molar-refractivity contribution in [2.24, 2.45) is 5.92 Å². The lowest BCUT2D eigenvalue weighted by atomic mass is 10.00. The summed E-state index contributed by atoms with van der Waals surface area (Å²) in [7, 11) is 0. The Morgan fingerprint density at radius 3 is 1.35 bits per heavy atom. The average molecular weight is 570 g/mol. The van der Waals surface area contributed by atoms with Crippen molar-refractivity contribution in [2.75, 3.05) is 52.4 Å². The summed E-state index contributed by atoms with van der Waals surface area (Å²) < 4.78 is 16.9. The van der Waals surface area contributed by atoms with Gasteiger partial charge in [-0.2, -0.15) is 0 Å². The summed E-state index contributed by atoms with van der Waals surface area (Å²) in [5.41, 5.74) is -1.88. The van der Waals surface area contributed by atoms with Crippen molar-refractivity contribution in [3.63, 3.8) is 0 Å². The first kappa shape index (κ1) is 36.0. The molecule has 0 saturated carbocycles. The zero-order chi connectivity index (χ0) is 30.9. The summed E-state index contributed by atoms with van der Waals surface area (Å²) in [5.74, 6) is -1.06. The van der Waals surface area contributed by atoms with Gasteiger partial charge < -0.3 is 14.2 Å². The number of ketones is 1. The van der Waals surface area contributed by atoms with Crippen LogP contribution in [0.1, 0.15) is 89.0 Å². The molecule has 1 rings (SSSR count). The van der Waals surface area contributed by atoms with Gasteiger partial charge in [0.1, 0.15) is 28.6 Å². The SMILES string of the molecule is CC(C)C(=O)CCC(C(=O)OC(C)(C)C)N1CCN(CC(=O)OC(C)(C)C)CCN(CC(=O)OC(C)(C)C)CC1. The quantitative estimate of drug-likeness (QED) is 0.287. The minimum absolute atomic E-state index is 0.0916. The minimum atomic E-state index is -0.678. The Bertz CT molecular complexity index is 811. The zero-order valence-electron chi connectivity index (χ0n) is 26.9. The normalized spacial score (nSPS) is 17.9. The van der Waals surface area contributed by atoms with Crippen LogP contribution in [0.2, 0.25) is 0 Å². The van der Waals surface area contributed by atoms with Crippen LogP contribution in [0.5, 0.6) is 0 Å². The maximum absolute atomic E-state index is 13.4. The van der Waals surface area contributed by atoms with E-state index in [1.165, 1.54) is 0 Å². The summed E-state index contributed by atoms with van der Waals surface area (Å²) >= 11 is 0. The van der Waals surface area contributed by atoms with Gasteiger partial charge in [0.25, 0.3) is 0 Å². The summed E-state index contributed by atoms with van der Waals surface area (Å²) in [6, 6.07) is -0.633. The van der Waals surface area contributed by atoms with Gasteiger partial charge in [0.15, 0.2) is 0 Å². The summed E-state index contributed by atoms with van der Waals surface area (Å²) in [6.07, 6.45) is 0.603. The third-order valence-corrected chi connectivity index (χ3v) is 6.11. The molecule has 0 amide bonds. The van der Waals surface area contributed by atoms with E-state index in [0.29, 0.717) is 45.7 Å². The number of esters is 3. The standard InChI is InChI=1S/C30H55N3O7/c1-22(2)24(34)13-12-23(27(37)40-30(9,10)11)33-18-16-31(20-25(35)38-28(3,4)5)14-15-32(17-19-33)21-26(36)39-29(6,7)8/h22-23H,12-21H2,1-11H3. The number of carbonyl (C=O) groups excluding carboxylic acids is 4. The number of ether oxygens (including phenoxy) is 3. The molecule has 0 bridgehead atoms. The summed E-state index contributed by atoms with van der Waals surface area (Å²) in [5, 5.41) is 0. The molecule has 1 saturated heterocycles. The lowest BCUT2D eigenvalue weighted by Gasteiger charge is -2.34. The Kier molecular flexibility index (Phi) is 13.7. The van der Waals surface area contributed by atoms with E-state index in [0.717, 1.165) is 0 Å². The first-order chi connectivity index (χ1) is 18.1. The molecule has 1 unspecified atom stereocenters. The second-order valence-corrected chi connectivity index (χ2v) is 14.0. The van der Waals surface area contributed by atoms with E-state index in [4.69, 9.17) is 14.2 Å². The van der Waals surface area contributed by atoms with Gasteiger partial charge in [-0.25, -0.2) is 0 Å². The molecule has 0 spiro atoms. The van der Waals surface area contributed by atoms with Gasteiger partial charge in [-0.05, 0) is 68.7 Å². The summed E-state index contributed by atoms with van der Waals surface area (Å²) in [6.45, 7) is 23.4. The molecule has 1 aliphatic rings. The van der Waals surface area contributed by atoms with E-state index in [1.807, 2.05) is 90.9 Å². The highest BCUT2D eigenvalue weighted by Crippen LogP contribution is 2.18. The summed E-state index contributed by atoms with van der Waals surface area (Å²) in [4.78, 5) is 57.2. The van der Waals surface area contributed by atoms with Crippen LogP contribution in [-0.2, 0) is 33.4 Å². The van der Waals surface area contributed by atoms with Gasteiger partial charge in [-0.1, -0.05) is 13.8 Å². The van der Waals surface area contributed by atoms with Crippen LogP contribution >= 0.6 is 0 Å². The number of carbonyl (C=O) groups is 4. The number of hydrogen-bond acceptors (Lipinski definition) is 10. The molecular weight excluding hydrogens is 514 g/mol. The highest BCUT2D eigenvalue weighted by Gasteiger charge is 2.33. The predicted molar refractivity (Wildman–Crippen MR) is 155 cm³/mol. The fourth-order valence-corrected chi connectivity index (χ4v) is 4.29. The van der Waals surface area contributed by atoms with Crippen molar-refractivity contribution >= 4 is 23.7 Å². The molecule has 1 aliphatic heterocycles. The molecule has 232 valence electrons. The van der Waals surface area contributed by atoms with Crippen molar-refractivity contribution in [3.05, 3.63) is 0 Å². The lowest BCUT2D eigenvalue weighted by molar-refractivity contribution is -0.163. The molecule has 1 heterocycles. The van der Waals surface area contributed by atoms with Crippen LogP contribution in [-0.4, -0.2) is 114 Å². The molecule has 0 aromatic rings. The van der Waals surface area contributed by atoms with Crippen molar-refractivity contribution in [2.45, 2.75) is 112 Å². The highest BCUT2D eigenvalue weighted by atomic mass is 16.6. The fourth-order valence-electron chi connectivity index (χ4n) is 4.29. The minimum Gasteiger partial charge on any atom is -0.459 e. The van der Waals surface area contributed by atoms with Gasteiger partial charge in [0.05, 0.1) is 13.1 Å². The number of nitrogens with zero attached hydrogens (tertiary/aromatic N) is 3. The molecule has 10 nitrogen and oxygen atoms in total. The van der Waals surface area contributed by atoms with Gasteiger partial charge in [-0.15, -0.1) is 0 Å². The van der Waals surface area contributed by atoms with Crippen LogP contribution in [0.25, 0.3) is 0 Å². The maximum Gasteiger partial charge on any atom is 0.323 e. The molecule has 0 aliphatic carbocycles. The molecule has 10 heteroatoms. The fraction of sp³-hybridized carbons (Fsp3) is 0.867. The third-order valence-electron chi connectivity index (χ3n) is 6.11. The second kappa shape index (κ2) is 15.3. The number of hydrogen-bond donors (Lipinski definition) is 0. The predicted octanol–water partition coefficient (Wildman–Crippen LogP) is 3.31. The maximum atomic E-state index is 13.4.